The molecule has 7 unspecified atom stereocenters. The molecule has 530 valence electrons. The Bertz CT molecular complexity index is 1590. The molecule has 1 heterocycles. The van der Waals surface area contributed by atoms with Crippen LogP contribution in [0.15, 0.2) is 36.5 Å². The van der Waals surface area contributed by atoms with E-state index in [1.807, 2.05) is 6.08 Å². The summed E-state index contributed by atoms with van der Waals surface area (Å²) in [6.45, 7) is 4.36. The third-order valence-corrected chi connectivity index (χ3v) is 18.7. The molecule has 11 heteroatoms. The molecule has 1 aliphatic rings. The smallest absolute Gasteiger partial charge is 0.305 e. The molecule has 6 N–H and O–H groups in total. The molecule has 0 bridgehead atoms. The summed E-state index contributed by atoms with van der Waals surface area (Å²) in [6.07, 6.45) is 79.0. The van der Waals surface area contributed by atoms with Crippen molar-refractivity contribution in [3.63, 3.8) is 0 Å². The van der Waals surface area contributed by atoms with E-state index in [4.69, 9.17) is 14.2 Å². The molecule has 11 nitrogen and oxygen atoms in total. The Morgan fingerprint density at radius 3 is 1.07 bits per heavy atom. The summed E-state index contributed by atoms with van der Waals surface area (Å²) in [4.78, 5) is 25.2. The van der Waals surface area contributed by atoms with Crippen LogP contribution in [-0.2, 0) is 23.8 Å². The fourth-order valence-corrected chi connectivity index (χ4v) is 12.5. The van der Waals surface area contributed by atoms with Crippen LogP contribution in [0.25, 0.3) is 0 Å². The summed E-state index contributed by atoms with van der Waals surface area (Å²) in [5.41, 5.74) is 0. The lowest BCUT2D eigenvalue weighted by atomic mass is 9.99. The second-order valence-corrected chi connectivity index (χ2v) is 27.4. The van der Waals surface area contributed by atoms with Crippen molar-refractivity contribution in [2.24, 2.45) is 0 Å². The first kappa shape index (κ1) is 85.9. The molecule has 0 spiro atoms. The topological polar surface area (TPSA) is 175 Å². The highest BCUT2D eigenvalue weighted by Gasteiger charge is 2.44. The number of esters is 1. The fourth-order valence-electron chi connectivity index (χ4n) is 12.5. The first-order valence-corrected chi connectivity index (χ1v) is 39.3. The number of unbranched alkanes of at least 4 members (excludes halogenated alkanes) is 52. The molecule has 1 aliphatic heterocycles. The minimum atomic E-state index is -1.57. The standard InChI is InChI=1S/C79H149NO10/c1-3-5-7-9-11-13-15-16-17-37-41-44-47-51-55-59-63-67-75(84)88-68-64-60-56-52-48-45-42-39-36-34-32-30-28-26-24-22-20-18-19-21-23-25-27-29-31-33-35-38-40-43-46-50-54-58-62-66-74(83)80-71(70-89-79-78(87)77(86)76(85)73(69-81)90-79)72(82)65-61-57-53-49-14-12-10-8-6-4-2/h16-17,20,22,61,65,71-73,76-79,81-82,85-87H,3-15,18-19,21,23-60,62-64,66-70H2,1-2H3,(H,80,83)/b17-16-,22-20-,65-61+. The lowest BCUT2D eigenvalue weighted by Crippen LogP contribution is -2.60. The molecule has 0 radical (unpaired) electrons. The third-order valence-electron chi connectivity index (χ3n) is 18.7. The van der Waals surface area contributed by atoms with E-state index in [0.717, 1.165) is 57.8 Å². The predicted octanol–water partition coefficient (Wildman–Crippen LogP) is 20.9. The van der Waals surface area contributed by atoms with Gasteiger partial charge in [-0.3, -0.25) is 9.59 Å². The van der Waals surface area contributed by atoms with E-state index in [1.54, 1.807) is 6.08 Å². The van der Waals surface area contributed by atoms with Crippen LogP contribution < -0.4 is 5.32 Å². The molecule has 1 saturated heterocycles. The first-order valence-electron chi connectivity index (χ1n) is 39.3. The summed E-state index contributed by atoms with van der Waals surface area (Å²) in [5.74, 6) is -0.167. The Balaban J connectivity index is 1.87. The number of nitrogens with one attached hydrogen (secondary N) is 1. The summed E-state index contributed by atoms with van der Waals surface area (Å²) in [7, 11) is 0. The molecule has 0 aromatic heterocycles. The van der Waals surface area contributed by atoms with Crippen molar-refractivity contribution >= 4 is 11.9 Å². The maximum atomic E-state index is 13.0. The number of aliphatic hydroxyl groups is 5. The minimum absolute atomic E-state index is 0.0108. The fraction of sp³-hybridized carbons (Fsp3) is 0.899. The van der Waals surface area contributed by atoms with Gasteiger partial charge in [0.05, 0.1) is 32.0 Å². The Hall–Kier alpha value is -2.12. The van der Waals surface area contributed by atoms with E-state index in [1.165, 1.54) is 308 Å². The Morgan fingerprint density at radius 1 is 0.400 bits per heavy atom. The van der Waals surface area contributed by atoms with Gasteiger partial charge in [0.1, 0.15) is 24.4 Å². The summed E-state index contributed by atoms with van der Waals surface area (Å²) < 4.78 is 16.8. The molecule has 0 aliphatic carbocycles. The van der Waals surface area contributed by atoms with Gasteiger partial charge in [0.15, 0.2) is 6.29 Å². The van der Waals surface area contributed by atoms with E-state index in [-0.39, 0.29) is 18.5 Å². The number of amides is 1. The quantitative estimate of drug-likeness (QED) is 0.0195. The third kappa shape index (κ3) is 56.2. The van der Waals surface area contributed by atoms with Crippen molar-refractivity contribution in [1.82, 2.24) is 5.32 Å². The summed E-state index contributed by atoms with van der Waals surface area (Å²) in [5, 5.41) is 54.4. The average Bonchev–Trinajstić information content (AvgIpc) is 0.992. The monoisotopic (exact) mass is 1270 g/mol. The largest absolute Gasteiger partial charge is 0.466 e. The second kappa shape index (κ2) is 68.3. The van der Waals surface area contributed by atoms with Gasteiger partial charge in [-0.05, 0) is 83.5 Å². The van der Waals surface area contributed by atoms with Gasteiger partial charge >= 0.3 is 5.97 Å². The number of hydrogen-bond donors (Lipinski definition) is 6. The summed E-state index contributed by atoms with van der Waals surface area (Å²) in [6, 6.07) is -0.806. The lowest BCUT2D eigenvalue weighted by Gasteiger charge is -2.40. The number of aliphatic hydroxyl groups excluding tert-OH is 5. The number of ether oxygens (including phenoxy) is 3. The van der Waals surface area contributed by atoms with Crippen molar-refractivity contribution in [3.8, 4) is 0 Å². The first-order chi connectivity index (χ1) is 44.2. The zero-order valence-corrected chi connectivity index (χ0v) is 59.1. The summed E-state index contributed by atoms with van der Waals surface area (Å²) >= 11 is 0. The molecular formula is C79H149NO10. The Labute approximate surface area is 555 Å². The highest BCUT2D eigenvalue weighted by molar-refractivity contribution is 5.76. The molecule has 0 saturated carbocycles. The van der Waals surface area contributed by atoms with Crippen molar-refractivity contribution < 1.29 is 49.3 Å². The van der Waals surface area contributed by atoms with Crippen LogP contribution in [0.3, 0.4) is 0 Å². The molecular weight excluding hydrogens is 1120 g/mol. The Kier molecular flexibility index (Phi) is 65.2. The molecule has 0 aromatic rings. The van der Waals surface area contributed by atoms with Crippen molar-refractivity contribution in [1.29, 1.82) is 0 Å². The van der Waals surface area contributed by atoms with Gasteiger partial charge in [-0.15, -0.1) is 0 Å². The van der Waals surface area contributed by atoms with Crippen LogP contribution in [0.4, 0.5) is 0 Å². The van der Waals surface area contributed by atoms with Gasteiger partial charge in [0.2, 0.25) is 5.91 Å². The number of carbonyl (C=O) groups is 2. The number of rotatable bonds is 70. The minimum Gasteiger partial charge on any atom is -0.466 e. The highest BCUT2D eigenvalue weighted by Crippen LogP contribution is 2.24. The maximum absolute atomic E-state index is 13.0. The maximum Gasteiger partial charge on any atom is 0.305 e. The van der Waals surface area contributed by atoms with Crippen LogP contribution in [-0.4, -0.2) is 100 Å². The predicted molar refractivity (Wildman–Crippen MR) is 380 cm³/mol. The van der Waals surface area contributed by atoms with E-state index >= 15 is 0 Å². The van der Waals surface area contributed by atoms with Gasteiger partial charge in [-0.25, -0.2) is 0 Å². The van der Waals surface area contributed by atoms with Crippen molar-refractivity contribution in [3.05, 3.63) is 36.5 Å². The SMILES string of the molecule is CCCCCCCC/C=C\CCCCCCCCCC(=O)OCCCCCCCCCCCCCCCC/C=C\CCCCCCCCCCCCCCCCCCCC(=O)NC(COC1OC(CO)C(O)C(O)C1O)C(O)/C=C/CCCCCCCCCC. The van der Waals surface area contributed by atoms with E-state index in [9.17, 15) is 35.1 Å². The van der Waals surface area contributed by atoms with Gasteiger partial charge < -0.3 is 45.1 Å². The lowest BCUT2D eigenvalue weighted by molar-refractivity contribution is -0.302. The molecule has 0 aromatic carbocycles. The molecule has 90 heavy (non-hydrogen) atoms. The van der Waals surface area contributed by atoms with Crippen LogP contribution >= 0.6 is 0 Å². The highest BCUT2D eigenvalue weighted by atomic mass is 16.7. The molecule has 1 rings (SSSR count). The number of carbonyl (C=O) groups excluding carboxylic acids is 2. The van der Waals surface area contributed by atoms with E-state index < -0.39 is 49.5 Å². The second-order valence-electron chi connectivity index (χ2n) is 27.4. The van der Waals surface area contributed by atoms with Gasteiger partial charge in [0, 0.05) is 12.8 Å². The van der Waals surface area contributed by atoms with E-state index in [2.05, 4.69) is 43.5 Å². The normalized spacial score (nSPS) is 17.8. The van der Waals surface area contributed by atoms with Crippen molar-refractivity contribution in [2.45, 2.75) is 436 Å². The van der Waals surface area contributed by atoms with Crippen LogP contribution in [0, 0.1) is 0 Å². The molecule has 1 amide bonds. The zero-order valence-electron chi connectivity index (χ0n) is 59.1. The van der Waals surface area contributed by atoms with Crippen molar-refractivity contribution in [2.75, 3.05) is 19.8 Å². The van der Waals surface area contributed by atoms with Crippen LogP contribution in [0.5, 0.6) is 0 Å². The number of allylic oxidation sites excluding steroid dienone is 5. The van der Waals surface area contributed by atoms with Crippen LogP contribution in [0.2, 0.25) is 0 Å². The van der Waals surface area contributed by atoms with Gasteiger partial charge in [-0.2, -0.15) is 0 Å². The van der Waals surface area contributed by atoms with E-state index in [0.29, 0.717) is 19.4 Å². The average molecular weight is 1270 g/mol. The molecule has 7 atom stereocenters. The van der Waals surface area contributed by atoms with Crippen LogP contribution in [0.1, 0.15) is 393 Å². The van der Waals surface area contributed by atoms with Gasteiger partial charge in [-0.1, -0.05) is 333 Å². The Morgan fingerprint density at radius 2 is 0.711 bits per heavy atom. The molecule has 1 fully saturated rings. The van der Waals surface area contributed by atoms with Gasteiger partial charge in [0.25, 0.3) is 0 Å². The number of hydrogen-bond acceptors (Lipinski definition) is 10. The zero-order chi connectivity index (χ0) is 65.1.